The predicted molar refractivity (Wildman–Crippen MR) is 132 cm³/mol. The highest BCUT2D eigenvalue weighted by Gasteiger charge is 2.46. The van der Waals surface area contributed by atoms with Crippen LogP contribution in [0, 0.1) is 23.7 Å². The van der Waals surface area contributed by atoms with E-state index >= 15 is 0 Å². The van der Waals surface area contributed by atoms with E-state index in [2.05, 4.69) is 22.9 Å². The molecule has 1 aliphatic carbocycles. The second kappa shape index (κ2) is 11.0. The molecule has 9 atom stereocenters. The number of rotatable bonds is 5. The van der Waals surface area contributed by atoms with Gasteiger partial charge in [-0.3, -0.25) is 14.9 Å². The molecular weight excluding hydrogens is 452 g/mol. The maximum Gasteiger partial charge on any atom is 0.228 e. The first-order valence-corrected chi connectivity index (χ1v) is 14.3. The minimum absolute atomic E-state index is 0.0157. The van der Waals surface area contributed by atoms with E-state index in [4.69, 9.17) is 9.47 Å². The number of likely N-dealkylation sites (tertiary alicyclic amines) is 1. The Labute approximate surface area is 208 Å². The van der Waals surface area contributed by atoms with Gasteiger partial charge in [0.1, 0.15) is 5.50 Å². The smallest absolute Gasteiger partial charge is 0.228 e. The number of thioether (sulfide) groups is 1. The fourth-order valence-electron chi connectivity index (χ4n) is 6.97. The lowest BCUT2D eigenvalue weighted by Crippen LogP contribution is -2.55. The lowest BCUT2D eigenvalue weighted by molar-refractivity contribution is -0.138. The summed E-state index contributed by atoms with van der Waals surface area (Å²) < 4.78 is 11.4. The van der Waals surface area contributed by atoms with Crippen molar-refractivity contribution in [2.45, 2.75) is 80.8 Å². The number of nitrogens with one attached hydrogen (secondary N) is 3. The number of fused-ring (bicyclic) bond motifs is 1. The molecule has 0 bridgehead atoms. The standard InChI is InChI=1S/C25H42N4O4S/c1-15-10-18(17-7-3-4-8-21(17)32-2)19(11-26-15)23(30)28-25-27-20-12-29(13-22(20)34-25)24(31)16-6-5-9-33-14-16/h15-22,25-27H,3-14H2,1-2H3,(H,28,30). The van der Waals surface area contributed by atoms with Crippen LogP contribution in [0.5, 0.6) is 0 Å². The molecule has 0 radical (unpaired) electrons. The SMILES string of the molecule is COC1CCCCC1C1CC(C)NCC1C(=O)NC1NC2CN(C(=O)C3CCCOC3)CC2S1. The molecule has 192 valence electrons. The fraction of sp³-hybridized carbons (Fsp3) is 0.920. The molecule has 2 amide bonds. The van der Waals surface area contributed by atoms with Crippen LogP contribution >= 0.6 is 11.8 Å². The minimum atomic E-state index is -0.0812. The van der Waals surface area contributed by atoms with Gasteiger partial charge in [0.2, 0.25) is 11.8 Å². The molecule has 3 N–H and O–H groups in total. The van der Waals surface area contributed by atoms with Crippen molar-refractivity contribution < 1.29 is 19.1 Å². The molecule has 4 aliphatic heterocycles. The lowest BCUT2D eigenvalue weighted by atomic mass is 9.68. The molecule has 5 rings (SSSR count). The van der Waals surface area contributed by atoms with Gasteiger partial charge in [-0.1, -0.05) is 12.8 Å². The van der Waals surface area contributed by atoms with E-state index in [0.717, 1.165) is 58.3 Å². The van der Waals surface area contributed by atoms with Crippen molar-refractivity contribution in [2.75, 3.05) is 40.0 Å². The highest BCUT2D eigenvalue weighted by molar-refractivity contribution is 8.00. The minimum Gasteiger partial charge on any atom is -0.381 e. The summed E-state index contributed by atoms with van der Waals surface area (Å²) >= 11 is 1.77. The number of carbonyl (C=O) groups excluding carboxylic acids is 2. The monoisotopic (exact) mass is 494 g/mol. The third-order valence-corrected chi connectivity index (χ3v) is 10.2. The van der Waals surface area contributed by atoms with Crippen molar-refractivity contribution >= 4 is 23.6 Å². The van der Waals surface area contributed by atoms with Gasteiger partial charge in [-0.05, 0) is 50.9 Å². The van der Waals surface area contributed by atoms with Crippen LogP contribution in [0.3, 0.4) is 0 Å². The van der Waals surface area contributed by atoms with Crippen LogP contribution in [0.1, 0.15) is 51.9 Å². The van der Waals surface area contributed by atoms with E-state index in [1.165, 1.54) is 12.8 Å². The number of hydrogen-bond acceptors (Lipinski definition) is 7. The van der Waals surface area contributed by atoms with Gasteiger partial charge < -0.3 is 25.0 Å². The summed E-state index contributed by atoms with van der Waals surface area (Å²) in [6.45, 7) is 5.78. The van der Waals surface area contributed by atoms with Gasteiger partial charge in [0, 0.05) is 50.7 Å². The Morgan fingerprint density at radius 2 is 1.97 bits per heavy atom. The average molecular weight is 495 g/mol. The summed E-state index contributed by atoms with van der Waals surface area (Å²) in [5, 5.41) is 10.8. The fourth-order valence-corrected chi connectivity index (χ4v) is 8.38. The molecule has 0 aromatic rings. The van der Waals surface area contributed by atoms with Gasteiger partial charge in [0.25, 0.3) is 0 Å². The van der Waals surface area contributed by atoms with Crippen molar-refractivity contribution in [3.05, 3.63) is 0 Å². The molecule has 1 saturated carbocycles. The summed E-state index contributed by atoms with van der Waals surface area (Å²) in [6, 6.07) is 0.671. The van der Waals surface area contributed by atoms with Crippen LogP contribution in [-0.4, -0.2) is 85.6 Å². The van der Waals surface area contributed by atoms with E-state index in [1.54, 1.807) is 11.8 Å². The Kier molecular flexibility index (Phi) is 8.05. The second-order valence-corrected chi connectivity index (χ2v) is 12.4. The van der Waals surface area contributed by atoms with E-state index < -0.39 is 0 Å². The molecule has 5 aliphatic rings. The molecule has 0 aromatic carbocycles. The first-order valence-electron chi connectivity index (χ1n) is 13.4. The quantitative estimate of drug-likeness (QED) is 0.534. The highest BCUT2D eigenvalue weighted by Crippen LogP contribution is 2.40. The maximum absolute atomic E-state index is 13.5. The molecular formula is C25H42N4O4S. The number of nitrogens with zero attached hydrogens (tertiary/aromatic N) is 1. The molecule has 4 heterocycles. The number of amides is 2. The third kappa shape index (κ3) is 5.28. The van der Waals surface area contributed by atoms with Crippen molar-refractivity contribution in [3.63, 3.8) is 0 Å². The molecule has 0 spiro atoms. The average Bonchev–Trinajstić information content (AvgIpc) is 3.42. The largest absolute Gasteiger partial charge is 0.381 e. The molecule has 0 aromatic heterocycles. The molecule has 4 saturated heterocycles. The topological polar surface area (TPSA) is 91.9 Å². The van der Waals surface area contributed by atoms with E-state index in [9.17, 15) is 9.59 Å². The Morgan fingerprint density at radius 1 is 1.12 bits per heavy atom. The number of carbonyl (C=O) groups is 2. The first-order chi connectivity index (χ1) is 16.5. The summed E-state index contributed by atoms with van der Waals surface area (Å²) in [6.07, 6.45) is 7.95. The van der Waals surface area contributed by atoms with Crippen LogP contribution in [-0.2, 0) is 19.1 Å². The number of ether oxygens (including phenoxy) is 2. The summed E-state index contributed by atoms with van der Waals surface area (Å²) in [5.41, 5.74) is -0.0812. The number of piperidine rings is 1. The maximum atomic E-state index is 13.5. The van der Waals surface area contributed by atoms with Gasteiger partial charge >= 0.3 is 0 Å². The van der Waals surface area contributed by atoms with E-state index in [1.807, 2.05) is 12.0 Å². The van der Waals surface area contributed by atoms with Crippen molar-refractivity contribution in [1.82, 2.24) is 20.9 Å². The van der Waals surface area contributed by atoms with Crippen LogP contribution in [0.15, 0.2) is 0 Å². The van der Waals surface area contributed by atoms with Gasteiger partial charge in [-0.2, -0.15) is 0 Å². The zero-order valence-corrected chi connectivity index (χ0v) is 21.5. The lowest BCUT2D eigenvalue weighted by Gasteiger charge is -2.44. The zero-order chi connectivity index (χ0) is 23.7. The molecule has 5 fully saturated rings. The predicted octanol–water partition coefficient (Wildman–Crippen LogP) is 1.55. The Hall–Kier alpha value is -0.870. The normalized spacial score (nSPS) is 42.9. The van der Waals surface area contributed by atoms with E-state index in [-0.39, 0.29) is 41.3 Å². The number of hydrogen-bond donors (Lipinski definition) is 3. The van der Waals surface area contributed by atoms with Gasteiger partial charge in [0.05, 0.1) is 24.5 Å². The number of methoxy groups -OCH3 is 1. The Bertz CT molecular complexity index is 722. The van der Waals surface area contributed by atoms with Gasteiger partial charge in [-0.15, -0.1) is 11.8 Å². The van der Waals surface area contributed by atoms with Crippen LogP contribution in [0.2, 0.25) is 0 Å². The summed E-state index contributed by atoms with van der Waals surface area (Å²) in [5.74, 6) is 1.21. The molecule has 8 nitrogen and oxygen atoms in total. The Balaban J connectivity index is 1.15. The van der Waals surface area contributed by atoms with Crippen LogP contribution in [0.25, 0.3) is 0 Å². The van der Waals surface area contributed by atoms with Crippen molar-refractivity contribution in [2.24, 2.45) is 23.7 Å². The van der Waals surface area contributed by atoms with Gasteiger partial charge in [-0.25, -0.2) is 0 Å². The third-order valence-electron chi connectivity index (χ3n) is 8.81. The zero-order valence-electron chi connectivity index (χ0n) is 20.7. The van der Waals surface area contributed by atoms with Crippen molar-refractivity contribution in [1.29, 1.82) is 0 Å². The van der Waals surface area contributed by atoms with Crippen LogP contribution < -0.4 is 16.0 Å². The highest BCUT2D eigenvalue weighted by atomic mass is 32.2. The van der Waals surface area contributed by atoms with E-state index in [0.29, 0.717) is 29.7 Å². The summed E-state index contributed by atoms with van der Waals surface area (Å²) in [4.78, 5) is 28.4. The molecule has 34 heavy (non-hydrogen) atoms. The Morgan fingerprint density at radius 3 is 2.74 bits per heavy atom. The summed E-state index contributed by atoms with van der Waals surface area (Å²) in [7, 11) is 1.83. The molecule has 9 unspecified atom stereocenters. The van der Waals surface area contributed by atoms with Gasteiger partial charge in [0.15, 0.2) is 0 Å². The van der Waals surface area contributed by atoms with Crippen LogP contribution in [0.4, 0.5) is 0 Å². The second-order valence-electron chi connectivity index (χ2n) is 11.0. The molecule has 9 heteroatoms. The van der Waals surface area contributed by atoms with Crippen molar-refractivity contribution in [3.8, 4) is 0 Å². The first kappa shape index (κ1) is 24.8.